The molecule has 0 amide bonds. The van der Waals surface area contributed by atoms with Crippen LogP contribution in [-0.2, 0) is 6.54 Å². The molecule has 0 unspecified atom stereocenters. The monoisotopic (exact) mass is 483 g/mol. The number of thiophene rings is 1. The molecule has 1 atom stereocenters. The lowest BCUT2D eigenvalue weighted by Crippen LogP contribution is -2.40. The summed E-state index contributed by atoms with van der Waals surface area (Å²) < 4.78 is 7.33. The van der Waals surface area contributed by atoms with Crippen molar-refractivity contribution in [1.82, 2.24) is 24.6 Å². The molecule has 4 aromatic rings. The quantitative estimate of drug-likeness (QED) is 0.230. The van der Waals surface area contributed by atoms with Gasteiger partial charge < -0.3 is 4.52 Å². The average Bonchev–Trinajstić information content (AvgIpc) is 3.47. The average molecular weight is 484 g/mol. The molecule has 9 heteroatoms. The zero-order valence-electron chi connectivity index (χ0n) is 19.6. The molecule has 0 radical (unpaired) electrons. The Morgan fingerprint density at radius 2 is 1.82 bits per heavy atom. The topological polar surface area (TPSA) is 77.1 Å². The number of hydrogen-bond acceptors (Lipinski definition) is 8. The maximum atomic E-state index is 13.4. The predicted octanol–water partition coefficient (Wildman–Crippen LogP) is 5.48. The van der Waals surface area contributed by atoms with E-state index in [2.05, 4.69) is 42.7 Å². The van der Waals surface area contributed by atoms with Crippen molar-refractivity contribution in [3.05, 3.63) is 58.0 Å². The van der Waals surface area contributed by atoms with Crippen LogP contribution in [0.15, 0.2) is 56.3 Å². The molecule has 0 fully saturated rings. The molecular formula is C24H29N5O2S2. The summed E-state index contributed by atoms with van der Waals surface area (Å²) in [5, 5.41) is 7.25. The van der Waals surface area contributed by atoms with Gasteiger partial charge in [0.1, 0.15) is 0 Å². The van der Waals surface area contributed by atoms with E-state index in [1.807, 2.05) is 48.7 Å². The number of hydrogen-bond donors (Lipinski definition) is 0. The van der Waals surface area contributed by atoms with Crippen LogP contribution in [0, 0.1) is 0 Å². The van der Waals surface area contributed by atoms with Crippen LogP contribution >= 0.6 is 23.1 Å². The molecule has 0 bridgehead atoms. The first kappa shape index (κ1) is 23.7. The number of benzene rings is 1. The molecule has 1 aromatic carbocycles. The Bertz CT molecular complexity index is 1260. The van der Waals surface area contributed by atoms with Gasteiger partial charge >= 0.3 is 0 Å². The SMILES string of the molecule is CC(C)N(CCn1c(S[C@H](C)c2nc(-c3cccs3)no2)nc2ccccc2c1=O)C(C)C. The standard InChI is InChI=1S/C24H29N5O2S2/c1-15(2)28(16(3)4)12-13-29-23(30)18-9-6-7-10-19(18)25-24(29)33-17(5)22-26-21(27-31-22)20-11-8-14-32-20/h6-11,14-17H,12-13H2,1-5H3/t17-/m1/s1. The highest BCUT2D eigenvalue weighted by Crippen LogP contribution is 2.34. The van der Waals surface area contributed by atoms with Crippen molar-refractivity contribution in [2.45, 2.75) is 63.7 Å². The molecular weight excluding hydrogens is 454 g/mol. The van der Waals surface area contributed by atoms with Gasteiger partial charge in [-0.05, 0) is 58.2 Å². The molecule has 0 N–H and O–H groups in total. The predicted molar refractivity (Wildman–Crippen MR) is 135 cm³/mol. The maximum absolute atomic E-state index is 13.4. The third kappa shape index (κ3) is 5.20. The highest BCUT2D eigenvalue weighted by molar-refractivity contribution is 7.99. The normalized spacial score (nSPS) is 13.0. The Morgan fingerprint density at radius 3 is 2.52 bits per heavy atom. The zero-order valence-corrected chi connectivity index (χ0v) is 21.2. The summed E-state index contributed by atoms with van der Waals surface area (Å²) in [6.07, 6.45) is 0. The molecule has 33 heavy (non-hydrogen) atoms. The van der Waals surface area contributed by atoms with Crippen molar-refractivity contribution in [1.29, 1.82) is 0 Å². The van der Waals surface area contributed by atoms with Crippen molar-refractivity contribution in [2.75, 3.05) is 6.54 Å². The third-order valence-corrected chi connectivity index (χ3v) is 7.49. The molecule has 0 aliphatic heterocycles. The van der Waals surface area contributed by atoms with Crippen LogP contribution in [0.5, 0.6) is 0 Å². The van der Waals surface area contributed by atoms with Gasteiger partial charge in [0.15, 0.2) is 5.16 Å². The van der Waals surface area contributed by atoms with Crippen LogP contribution in [0.4, 0.5) is 0 Å². The zero-order chi connectivity index (χ0) is 23.5. The molecule has 174 valence electrons. The Morgan fingerprint density at radius 1 is 1.06 bits per heavy atom. The lowest BCUT2D eigenvalue weighted by molar-refractivity contribution is 0.166. The van der Waals surface area contributed by atoms with E-state index in [0.717, 1.165) is 11.4 Å². The molecule has 3 aromatic heterocycles. The second-order valence-electron chi connectivity index (χ2n) is 8.49. The number of para-hydroxylation sites is 1. The van der Waals surface area contributed by atoms with Gasteiger partial charge in [0, 0.05) is 25.2 Å². The van der Waals surface area contributed by atoms with Crippen LogP contribution in [0.25, 0.3) is 21.6 Å². The number of fused-ring (bicyclic) bond motifs is 1. The van der Waals surface area contributed by atoms with Crippen LogP contribution in [0.2, 0.25) is 0 Å². The summed E-state index contributed by atoms with van der Waals surface area (Å²) in [4.78, 5) is 26.2. The Kier molecular flexibility index (Phi) is 7.31. The van der Waals surface area contributed by atoms with E-state index in [0.29, 0.717) is 46.4 Å². The highest BCUT2D eigenvalue weighted by atomic mass is 32.2. The van der Waals surface area contributed by atoms with Gasteiger partial charge in [0.25, 0.3) is 5.56 Å². The second kappa shape index (κ2) is 10.2. The molecule has 7 nitrogen and oxygen atoms in total. The van der Waals surface area contributed by atoms with Crippen LogP contribution < -0.4 is 5.56 Å². The summed E-state index contributed by atoms with van der Waals surface area (Å²) in [5.74, 6) is 1.10. The van der Waals surface area contributed by atoms with E-state index in [1.165, 1.54) is 11.8 Å². The Hall–Kier alpha value is -2.49. The van der Waals surface area contributed by atoms with Crippen molar-refractivity contribution >= 4 is 34.0 Å². The highest BCUT2D eigenvalue weighted by Gasteiger charge is 2.22. The lowest BCUT2D eigenvalue weighted by Gasteiger charge is -2.31. The summed E-state index contributed by atoms with van der Waals surface area (Å²) in [6.45, 7) is 12.0. The van der Waals surface area contributed by atoms with E-state index in [-0.39, 0.29) is 10.8 Å². The van der Waals surface area contributed by atoms with Crippen molar-refractivity contribution in [3.8, 4) is 10.7 Å². The summed E-state index contributed by atoms with van der Waals surface area (Å²) >= 11 is 3.04. The maximum Gasteiger partial charge on any atom is 0.262 e. The second-order valence-corrected chi connectivity index (χ2v) is 10.7. The molecule has 0 saturated carbocycles. The van der Waals surface area contributed by atoms with E-state index >= 15 is 0 Å². The fraction of sp³-hybridized carbons (Fsp3) is 0.417. The number of nitrogens with zero attached hydrogens (tertiary/aromatic N) is 5. The largest absolute Gasteiger partial charge is 0.338 e. The molecule has 3 heterocycles. The van der Waals surface area contributed by atoms with Gasteiger partial charge in [-0.2, -0.15) is 4.98 Å². The minimum Gasteiger partial charge on any atom is -0.338 e. The first-order valence-electron chi connectivity index (χ1n) is 11.1. The van der Waals surface area contributed by atoms with E-state index < -0.39 is 0 Å². The first-order chi connectivity index (χ1) is 15.8. The molecule has 4 rings (SSSR count). The summed E-state index contributed by atoms with van der Waals surface area (Å²) in [7, 11) is 0. The molecule has 0 saturated heterocycles. The van der Waals surface area contributed by atoms with Crippen molar-refractivity contribution in [2.24, 2.45) is 0 Å². The minimum atomic E-state index is -0.156. The molecule has 0 aliphatic rings. The van der Waals surface area contributed by atoms with Gasteiger partial charge in [-0.3, -0.25) is 14.3 Å². The van der Waals surface area contributed by atoms with E-state index in [9.17, 15) is 4.79 Å². The molecule has 0 spiro atoms. The van der Waals surface area contributed by atoms with E-state index in [4.69, 9.17) is 9.51 Å². The lowest BCUT2D eigenvalue weighted by atomic mass is 10.2. The smallest absolute Gasteiger partial charge is 0.262 e. The number of rotatable bonds is 9. The summed E-state index contributed by atoms with van der Waals surface area (Å²) in [6, 6.07) is 12.2. The van der Waals surface area contributed by atoms with Gasteiger partial charge in [-0.15, -0.1) is 11.3 Å². The van der Waals surface area contributed by atoms with Gasteiger partial charge in [-0.25, -0.2) is 4.98 Å². The fourth-order valence-corrected chi connectivity index (χ4v) is 5.49. The van der Waals surface area contributed by atoms with Gasteiger partial charge in [0.2, 0.25) is 11.7 Å². The van der Waals surface area contributed by atoms with E-state index in [1.54, 1.807) is 15.9 Å². The van der Waals surface area contributed by atoms with Crippen LogP contribution in [-0.4, -0.2) is 43.2 Å². The number of aromatic nitrogens is 4. The molecule has 0 aliphatic carbocycles. The van der Waals surface area contributed by atoms with Gasteiger partial charge in [-0.1, -0.05) is 35.1 Å². The van der Waals surface area contributed by atoms with Gasteiger partial charge in [0.05, 0.1) is 21.0 Å². The van der Waals surface area contributed by atoms with Crippen LogP contribution in [0.1, 0.15) is 45.8 Å². The number of thioether (sulfide) groups is 1. The first-order valence-corrected chi connectivity index (χ1v) is 12.9. The van der Waals surface area contributed by atoms with Crippen LogP contribution in [0.3, 0.4) is 0 Å². The van der Waals surface area contributed by atoms with Crippen molar-refractivity contribution < 1.29 is 4.52 Å². The third-order valence-electron chi connectivity index (χ3n) is 5.55. The van der Waals surface area contributed by atoms with Crippen molar-refractivity contribution in [3.63, 3.8) is 0 Å². The minimum absolute atomic E-state index is 0.0208. The fourth-order valence-electron chi connectivity index (χ4n) is 3.88. The Balaban J connectivity index is 1.65. The summed E-state index contributed by atoms with van der Waals surface area (Å²) in [5.41, 5.74) is 0.676. The Labute approximate surface area is 201 Å².